The van der Waals surface area contributed by atoms with Crippen molar-refractivity contribution in [3.05, 3.63) is 46.9 Å². The van der Waals surface area contributed by atoms with Gasteiger partial charge in [0.15, 0.2) is 0 Å². The van der Waals surface area contributed by atoms with Crippen LogP contribution in [0.2, 0.25) is 0 Å². The van der Waals surface area contributed by atoms with Gasteiger partial charge in [-0.1, -0.05) is 12.1 Å². The quantitative estimate of drug-likeness (QED) is 0.735. The summed E-state index contributed by atoms with van der Waals surface area (Å²) < 4.78 is 13.4. The molecule has 126 valence electrons. The van der Waals surface area contributed by atoms with Crippen LogP contribution in [0, 0.1) is 18.2 Å². The van der Waals surface area contributed by atoms with Gasteiger partial charge in [-0.2, -0.15) is 0 Å². The second-order valence-corrected chi connectivity index (χ2v) is 6.93. The Hall–Kier alpha value is -2.23. The topological polar surface area (TPSA) is 48.8 Å². The maximum atomic E-state index is 13.4. The maximum absolute atomic E-state index is 13.4. The minimum absolute atomic E-state index is 0.228. The van der Waals surface area contributed by atoms with Crippen molar-refractivity contribution in [1.29, 1.82) is 5.41 Å². The highest BCUT2D eigenvalue weighted by Gasteiger charge is 2.30. The number of rotatable bonds is 5. The molecule has 4 heteroatoms. The molecule has 3 nitrogen and oxygen atoms in total. The van der Waals surface area contributed by atoms with Crippen LogP contribution < -0.4 is 5.32 Å². The van der Waals surface area contributed by atoms with Crippen molar-refractivity contribution < 1.29 is 4.39 Å². The molecule has 0 radical (unpaired) electrons. The molecule has 1 heterocycles. The van der Waals surface area contributed by atoms with Crippen LogP contribution in [-0.2, 0) is 0 Å². The summed E-state index contributed by atoms with van der Waals surface area (Å²) in [6.07, 6.45) is 2.33. The van der Waals surface area contributed by atoms with Gasteiger partial charge in [0.25, 0.3) is 0 Å². The van der Waals surface area contributed by atoms with Crippen LogP contribution in [0.3, 0.4) is 0 Å². The van der Waals surface area contributed by atoms with Crippen LogP contribution in [0.15, 0.2) is 24.3 Å². The summed E-state index contributed by atoms with van der Waals surface area (Å²) in [7, 11) is 0. The molecule has 0 amide bonds. The van der Waals surface area contributed by atoms with Gasteiger partial charge < -0.3 is 10.7 Å². The van der Waals surface area contributed by atoms with E-state index in [1.165, 1.54) is 25.0 Å². The van der Waals surface area contributed by atoms with E-state index < -0.39 is 0 Å². The number of nitrogens with one attached hydrogen (secondary N) is 2. The van der Waals surface area contributed by atoms with Crippen molar-refractivity contribution in [1.82, 2.24) is 4.98 Å². The van der Waals surface area contributed by atoms with E-state index in [4.69, 9.17) is 10.4 Å². The minimum Gasteiger partial charge on any atom is -0.367 e. The summed E-state index contributed by atoms with van der Waals surface area (Å²) in [6, 6.07) is 6.76. The van der Waals surface area contributed by atoms with Gasteiger partial charge in [0.2, 0.25) is 0 Å². The van der Waals surface area contributed by atoms with Gasteiger partial charge in [-0.05, 0) is 69.4 Å². The fraction of sp³-hybridized carbons (Fsp3) is 0.400. The molecule has 1 saturated carbocycles. The van der Waals surface area contributed by atoms with E-state index in [0.717, 1.165) is 33.8 Å². The molecule has 1 aromatic heterocycles. The van der Waals surface area contributed by atoms with Gasteiger partial charge in [-0.3, -0.25) is 0 Å². The van der Waals surface area contributed by atoms with Gasteiger partial charge >= 0.3 is 0 Å². The Bertz CT molecular complexity index is 774. The Kier molecular flexibility index (Phi) is 4.39. The van der Waals surface area contributed by atoms with Crippen LogP contribution in [0.1, 0.15) is 56.4 Å². The van der Waals surface area contributed by atoms with Gasteiger partial charge in [0.1, 0.15) is 11.6 Å². The third kappa shape index (κ3) is 3.18. The predicted molar refractivity (Wildman–Crippen MR) is 97.6 cm³/mol. The molecule has 0 aliphatic heterocycles. The summed E-state index contributed by atoms with van der Waals surface area (Å²) in [5, 5.41) is 11.7. The molecular weight excluding hydrogens is 301 g/mol. The van der Waals surface area contributed by atoms with Crippen molar-refractivity contribution in [2.24, 2.45) is 0 Å². The van der Waals surface area contributed by atoms with Crippen molar-refractivity contribution in [3.8, 4) is 11.1 Å². The van der Waals surface area contributed by atoms with Gasteiger partial charge in [-0.15, -0.1) is 0 Å². The highest BCUT2D eigenvalue weighted by molar-refractivity contribution is 6.07. The van der Waals surface area contributed by atoms with Crippen molar-refractivity contribution in [3.63, 3.8) is 0 Å². The highest BCUT2D eigenvalue weighted by atomic mass is 19.1. The molecule has 0 spiro atoms. The molecule has 1 aromatic carbocycles. The first-order valence-electron chi connectivity index (χ1n) is 8.51. The molecule has 24 heavy (non-hydrogen) atoms. The van der Waals surface area contributed by atoms with E-state index in [2.05, 4.69) is 26.1 Å². The Morgan fingerprint density at radius 1 is 1.25 bits per heavy atom. The summed E-state index contributed by atoms with van der Waals surface area (Å²) in [6.45, 7) is 7.99. The van der Waals surface area contributed by atoms with Gasteiger partial charge in [0.05, 0.1) is 0 Å². The number of nitrogens with zero attached hydrogens (tertiary/aromatic N) is 1. The number of aromatic nitrogens is 1. The molecule has 2 aromatic rings. The fourth-order valence-corrected chi connectivity index (χ4v) is 3.17. The van der Waals surface area contributed by atoms with Crippen molar-refractivity contribution in [2.45, 2.75) is 52.5 Å². The Labute approximate surface area is 142 Å². The van der Waals surface area contributed by atoms with E-state index in [1.807, 2.05) is 0 Å². The molecule has 0 saturated heterocycles. The Morgan fingerprint density at radius 3 is 2.38 bits per heavy atom. The standard InChI is InChI=1S/C20H24FN3/c1-11(2)23-20-18(13(4)22)17(14-7-9-16(21)10-8-14)12(3)19(24-20)15-5-6-15/h7-11,15,22H,5-6H2,1-4H3,(H,23,24). The number of anilines is 1. The number of hydrogen-bond donors (Lipinski definition) is 2. The number of halogens is 1. The van der Waals surface area contributed by atoms with E-state index in [0.29, 0.717) is 11.6 Å². The predicted octanol–water partition coefficient (Wildman–Crippen LogP) is 5.28. The lowest BCUT2D eigenvalue weighted by Crippen LogP contribution is -2.17. The molecule has 1 fully saturated rings. The molecule has 0 bridgehead atoms. The zero-order valence-corrected chi connectivity index (χ0v) is 14.7. The fourth-order valence-electron chi connectivity index (χ4n) is 3.17. The average molecular weight is 325 g/mol. The first-order chi connectivity index (χ1) is 11.4. The molecule has 0 unspecified atom stereocenters. The summed E-state index contributed by atoms with van der Waals surface area (Å²) >= 11 is 0. The zero-order chi connectivity index (χ0) is 17.4. The Morgan fingerprint density at radius 2 is 1.88 bits per heavy atom. The lowest BCUT2D eigenvalue weighted by molar-refractivity contribution is 0.628. The monoisotopic (exact) mass is 325 g/mol. The van der Waals surface area contributed by atoms with Crippen molar-refractivity contribution >= 4 is 11.5 Å². The number of benzene rings is 1. The third-order valence-electron chi connectivity index (χ3n) is 4.38. The largest absolute Gasteiger partial charge is 0.367 e. The first-order valence-corrected chi connectivity index (χ1v) is 8.51. The zero-order valence-electron chi connectivity index (χ0n) is 14.7. The van der Waals surface area contributed by atoms with E-state index in [1.54, 1.807) is 19.1 Å². The Balaban J connectivity index is 2.28. The van der Waals surface area contributed by atoms with Crippen LogP contribution >= 0.6 is 0 Å². The summed E-state index contributed by atoms with van der Waals surface area (Å²) in [4.78, 5) is 4.87. The van der Waals surface area contributed by atoms with Crippen LogP contribution in [-0.4, -0.2) is 16.7 Å². The number of hydrogen-bond acceptors (Lipinski definition) is 3. The lowest BCUT2D eigenvalue weighted by atomic mass is 9.91. The lowest BCUT2D eigenvalue weighted by Gasteiger charge is -2.21. The van der Waals surface area contributed by atoms with Crippen LogP contribution in [0.5, 0.6) is 0 Å². The normalized spacial score (nSPS) is 14.1. The van der Waals surface area contributed by atoms with E-state index >= 15 is 0 Å². The number of pyridine rings is 1. The molecule has 3 rings (SSSR count). The van der Waals surface area contributed by atoms with Gasteiger partial charge in [0, 0.05) is 28.9 Å². The summed E-state index contributed by atoms with van der Waals surface area (Å²) in [5.74, 6) is 1.03. The molecule has 1 aliphatic carbocycles. The highest BCUT2D eigenvalue weighted by Crippen LogP contribution is 2.45. The minimum atomic E-state index is -0.249. The smallest absolute Gasteiger partial charge is 0.136 e. The first kappa shape index (κ1) is 16.6. The summed E-state index contributed by atoms with van der Waals surface area (Å²) in [5.41, 5.74) is 5.45. The van der Waals surface area contributed by atoms with Crippen LogP contribution in [0.25, 0.3) is 11.1 Å². The van der Waals surface area contributed by atoms with Gasteiger partial charge in [-0.25, -0.2) is 9.37 Å². The maximum Gasteiger partial charge on any atom is 0.136 e. The van der Waals surface area contributed by atoms with E-state index in [-0.39, 0.29) is 11.9 Å². The van der Waals surface area contributed by atoms with E-state index in [9.17, 15) is 4.39 Å². The SMILES string of the molecule is CC(=N)c1c(NC(C)C)nc(C2CC2)c(C)c1-c1ccc(F)cc1. The molecular formula is C20H24FN3. The molecule has 0 atom stereocenters. The third-order valence-corrected chi connectivity index (χ3v) is 4.38. The molecule has 1 aliphatic rings. The van der Waals surface area contributed by atoms with Crippen LogP contribution in [0.4, 0.5) is 10.2 Å². The average Bonchev–Trinajstić information content (AvgIpc) is 3.33. The molecule has 2 N–H and O–H groups in total. The van der Waals surface area contributed by atoms with Crippen molar-refractivity contribution in [2.75, 3.05) is 5.32 Å². The second kappa shape index (κ2) is 6.34. The second-order valence-electron chi connectivity index (χ2n) is 6.93.